The number of rotatable bonds is 9. The Kier molecular flexibility index (Phi) is 8.15. The summed E-state index contributed by atoms with van der Waals surface area (Å²) in [5, 5.41) is 0. The highest BCUT2D eigenvalue weighted by molar-refractivity contribution is 5.89. The van der Waals surface area contributed by atoms with E-state index < -0.39 is 17.4 Å². The molecule has 0 saturated heterocycles. The van der Waals surface area contributed by atoms with Gasteiger partial charge in [0.05, 0.1) is 31.0 Å². The van der Waals surface area contributed by atoms with Gasteiger partial charge < -0.3 is 18.9 Å². The Bertz CT molecular complexity index is 1080. The highest BCUT2D eigenvalue weighted by Gasteiger charge is 2.39. The summed E-state index contributed by atoms with van der Waals surface area (Å²) < 4.78 is 22.0. The summed E-state index contributed by atoms with van der Waals surface area (Å²) in [5.41, 5.74) is 1.33. The van der Waals surface area contributed by atoms with Gasteiger partial charge in [-0.2, -0.15) is 9.97 Å². The zero-order valence-electron chi connectivity index (χ0n) is 20.5. The van der Waals surface area contributed by atoms with Crippen LogP contribution in [0.25, 0.3) is 0 Å². The lowest BCUT2D eigenvalue weighted by Crippen LogP contribution is -2.38. The third kappa shape index (κ3) is 6.19. The number of methoxy groups -OCH3 is 2. The fourth-order valence-electron chi connectivity index (χ4n) is 4.43. The average Bonchev–Trinajstić information content (AvgIpc) is 2.95. The van der Waals surface area contributed by atoms with Gasteiger partial charge in [-0.3, -0.25) is 0 Å². The van der Waals surface area contributed by atoms with Crippen LogP contribution in [0.5, 0.6) is 11.9 Å². The molecule has 0 amide bonds. The highest BCUT2D eigenvalue weighted by atomic mass is 16.5. The molecule has 0 spiro atoms. The van der Waals surface area contributed by atoms with Crippen molar-refractivity contribution in [3.05, 3.63) is 83.6 Å². The monoisotopic (exact) mass is 490 g/mol. The van der Waals surface area contributed by atoms with Crippen LogP contribution in [0.2, 0.25) is 0 Å². The van der Waals surface area contributed by atoms with Gasteiger partial charge in [-0.25, -0.2) is 9.59 Å². The Hall–Kier alpha value is -3.94. The summed E-state index contributed by atoms with van der Waals surface area (Å²) in [6.45, 7) is 0.317. The molecule has 1 aromatic heterocycles. The molecule has 188 valence electrons. The molecule has 0 radical (unpaired) electrons. The van der Waals surface area contributed by atoms with Crippen LogP contribution < -0.4 is 9.47 Å². The van der Waals surface area contributed by atoms with Crippen LogP contribution in [-0.2, 0) is 9.47 Å². The van der Waals surface area contributed by atoms with Gasteiger partial charge in [-0.15, -0.1) is 0 Å². The Labute approximate surface area is 210 Å². The Morgan fingerprint density at radius 3 is 1.81 bits per heavy atom. The number of esters is 2. The first-order chi connectivity index (χ1) is 17.5. The quantitative estimate of drug-likeness (QED) is 0.393. The van der Waals surface area contributed by atoms with Crippen molar-refractivity contribution in [1.82, 2.24) is 9.97 Å². The number of aromatic nitrogens is 2. The lowest BCUT2D eigenvalue weighted by molar-refractivity contribution is -0.0222. The zero-order valence-corrected chi connectivity index (χ0v) is 20.5. The van der Waals surface area contributed by atoms with Gasteiger partial charge in [-0.1, -0.05) is 36.4 Å². The lowest BCUT2D eigenvalue weighted by Gasteiger charge is -2.39. The largest absolute Gasteiger partial charge is 0.481 e. The van der Waals surface area contributed by atoms with Crippen molar-refractivity contribution >= 4 is 11.9 Å². The minimum Gasteiger partial charge on any atom is -0.481 e. The molecule has 1 aliphatic rings. The van der Waals surface area contributed by atoms with Gasteiger partial charge in [0, 0.05) is 17.4 Å². The van der Waals surface area contributed by atoms with Gasteiger partial charge in [0.15, 0.2) is 0 Å². The van der Waals surface area contributed by atoms with Crippen molar-refractivity contribution < 1.29 is 28.5 Å². The fourth-order valence-corrected chi connectivity index (χ4v) is 4.43. The summed E-state index contributed by atoms with van der Waals surface area (Å²) in [7, 11) is 3.08. The molecule has 1 heterocycles. The molecule has 0 atom stereocenters. The number of benzene rings is 2. The van der Waals surface area contributed by atoms with Crippen LogP contribution in [0, 0.1) is 5.41 Å². The molecule has 0 N–H and O–H groups in total. The molecule has 0 unspecified atom stereocenters. The van der Waals surface area contributed by atoms with Crippen LogP contribution in [0.1, 0.15) is 58.0 Å². The molecular weight excluding hydrogens is 460 g/mol. The second-order valence-electron chi connectivity index (χ2n) is 8.98. The number of carbonyl (C=O) groups excluding carboxylic acids is 2. The summed E-state index contributed by atoms with van der Waals surface area (Å²) in [6, 6.07) is 19.8. The van der Waals surface area contributed by atoms with E-state index in [0.717, 1.165) is 18.5 Å². The van der Waals surface area contributed by atoms with E-state index in [1.54, 1.807) is 55.6 Å². The maximum atomic E-state index is 12.6. The second kappa shape index (κ2) is 11.7. The molecule has 3 aromatic rings. The predicted molar refractivity (Wildman–Crippen MR) is 132 cm³/mol. The topological polar surface area (TPSA) is 96.8 Å². The van der Waals surface area contributed by atoms with Crippen molar-refractivity contribution in [1.29, 1.82) is 0 Å². The molecule has 1 fully saturated rings. The molecule has 8 nitrogen and oxygen atoms in total. The normalized spacial score (nSPS) is 15.1. The summed E-state index contributed by atoms with van der Waals surface area (Å²) in [6.07, 6.45) is 2.93. The molecule has 4 rings (SSSR count). The van der Waals surface area contributed by atoms with Gasteiger partial charge in [0.1, 0.15) is 13.2 Å². The number of carbonyl (C=O) groups is 2. The van der Waals surface area contributed by atoms with Crippen molar-refractivity contribution in [3.63, 3.8) is 0 Å². The van der Waals surface area contributed by atoms with E-state index in [1.807, 2.05) is 18.2 Å². The molecule has 1 saturated carbocycles. The highest BCUT2D eigenvalue weighted by Crippen LogP contribution is 2.44. The molecule has 2 aromatic carbocycles. The smallest absolute Gasteiger partial charge is 0.338 e. The lowest BCUT2D eigenvalue weighted by atomic mass is 9.70. The van der Waals surface area contributed by atoms with Crippen molar-refractivity contribution in [2.75, 3.05) is 27.4 Å². The Morgan fingerprint density at radius 2 is 1.33 bits per heavy atom. The molecule has 36 heavy (non-hydrogen) atoms. The van der Waals surface area contributed by atoms with Crippen LogP contribution in [-0.4, -0.2) is 49.3 Å². The Morgan fingerprint density at radius 1 is 0.806 bits per heavy atom. The van der Waals surface area contributed by atoms with Crippen molar-refractivity contribution in [3.8, 4) is 11.9 Å². The van der Waals surface area contributed by atoms with Crippen molar-refractivity contribution in [2.45, 2.75) is 31.6 Å². The standard InChI is InChI=1S/C28H30N2O6/c1-33-24-17-23(29-27(30-24)34-2)20-13-15-28(16-14-20,18-35-25(31)21-9-5-3-6-10-21)19-36-26(32)22-11-7-4-8-12-22/h3-12,17,20H,13-16,18-19H2,1-2H3. The van der Waals surface area contributed by atoms with E-state index in [0.29, 0.717) is 29.8 Å². The van der Waals surface area contributed by atoms with Crippen LogP contribution >= 0.6 is 0 Å². The zero-order chi connectivity index (χ0) is 25.4. The maximum Gasteiger partial charge on any atom is 0.338 e. The van der Waals surface area contributed by atoms with E-state index >= 15 is 0 Å². The van der Waals surface area contributed by atoms with Crippen molar-refractivity contribution in [2.24, 2.45) is 5.41 Å². The average molecular weight is 491 g/mol. The molecule has 1 aliphatic carbocycles. The predicted octanol–water partition coefficient (Wildman–Crippen LogP) is 4.85. The summed E-state index contributed by atoms with van der Waals surface area (Å²) in [4.78, 5) is 34.0. The first-order valence-corrected chi connectivity index (χ1v) is 11.9. The third-order valence-electron chi connectivity index (χ3n) is 6.60. The maximum absolute atomic E-state index is 12.6. The van der Waals surface area contributed by atoms with E-state index in [2.05, 4.69) is 9.97 Å². The third-order valence-corrected chi connectivity index (χ3v) is 6.60. The van der Waals surface area contributed by atoms with Crippen LogP contribution in [0.4, 0.5) is 0 Å². The number of hydrogen-bond acceptors (Lipinski definition) is 8. The molecule has 0 bridgehead atoms. The summed E-state index contributed by atoms with van der Waals surface area (Å²) >= 11 is 0. The first kappa shape index (κ1) is 25.2. The van der Waals surface area contributed by atoms with E-state index in [4.69, 9.17) is 18.9 Å². The van der Waals surface area contributed by atoms with Crippen LogP contribution in [0.15, 0.2) is 66.7 Å². The minimum atomic E-state index is -0.493. The first-order valence-electron chi connectivity index (χ1n) is 11.9. The molecule has 8 heteroatoms. The van der Waals surface area contributed by atoms with Gasteiger partial charge in [0.2, 0.25) is 5.88 Å². The van der Waals surface area contributed by atoms with Crippen LogP contribution in [0.3, 0.4) is 0 Å². The second-order valence-corrected chi connectivity index (χ2v) is 8.98. The van der Waals surface area contributed by atoms with E-state index in [-0.39, 0.29) is 25.1 Å². The van der Waals surface area contributed by atoms with E-state index in [9.17, 15) is 9.59 Å². The molecule has 0 aliphatic heterocycles. The van der Waals surface area contributed by atoms with Gasteiger partial charge >= 0.3 is 17.9 Å². The van der Waals surface area contributed by atoms with Gasteiger partial charge in [0.25, 0.3) is 0 Å². The summed E-state index contributed by atoms with van der Waals surface area (Å²) in [5.74, 6) is -0.186. The fraction of sp³-hybridized carbons (Fsp3) is 0.357. The number of ether oxygens (including phenoxy) is 4. The number of nitrogens with zero attached hydrogens (tertiary/aromatic N) is 2. The van der Waals surface area contributed by atoms with Gasteiger partial charge in [-0.05, 0) is 49.9 Å². The SMILES string of the molecule is COc1cc(C2CCC(COC(=O)c3ccccc3)(COC(=O)c3ccccc3)CC2)nc(OC)n1. The Balaban J connectivity index is 1.47. The minimum absolute atomic E-state index is 0.151. The van der Waals surface area contributed by atoms with E-state index in [1.165, 1.54) is 7.11 Å². The molecular formula is C28H30N2O6. The number of hydrogen-bond donors (Lipinski definition) is 0.